The minimum atomic E-state index is -0.125. The third-order valence-electron chi connectivity index (χ3n) is 3.08. The van der Waals surface area contributed by atoms with Crippen LogP contribution in [-0.4, -0.2) is 32.6 Å². The van der Waals surface area contributed by atoms with Crippen LogP contribution in [0.5, 0.6) is 5.75 Å². The van der Waals surface area contributed by atoms with Crippen LogP contribution in [0.25, 0.3) is 0 Å². The van der Waals surface area contributed by atoms with E-state index >= 15 is 0 Å². The van der Waals surface area contributed by atoms with Gasteiger partial charge in [0.2, 0.25) is 5.91 Å². The number of aliphatic imine (C=N–C) groups is 1. The van der Waals surface area contributed by atoms with Gasteiger partial charge < -0.3 is 20.7 Å². The van der Waals surface area contributed by atoms with Crippen molar-refractivity contribution in [2.75, 3.05) is 26.0 Å². The molecule has 0 atom stereocenters. The summed E-state index contributed by atoms with van der Waals surface area (Å²) in [5.74, 6) is 1.29. The first-order chi connectivity index (χ1) is 10.6. The molecular weight excluding hydrogens is 280 g/mol. The van der Waals surface area contributed by atoms with E-state index in [1.54, 1.807) is 14.2 Å². The van der Waals surface area contributed by atoms with Crippen LogP contribution in [0.15, 0.2) is 23.2 Å². The lowest BCUT2D eigenvalue weighted by molar-refractivity contribution is -0.114. The van der Waals surface area contributed by atoms with Crippen molar-refractivity contribution in [3.8, 4) is 5.75 Å². The van der Waals surface area contributed by atoms with E-state index in [4.69, 9.17) is 4.74 Å². The van der Waals surface area contributed by atoms with E-state index in [0.29, 0.717) is 18.0 Å². The van der Waals surface area contributed by atoms with Crippen molar-refractivity contribution in [1.29, 1.82) is 0 Å². The number of benzene rings is 1. The molecule has 1 aromatic carbocycles. The number of amides is 1. The molecule has 1 amide bonds. The van der Waals surface area contributed by atoms with Crippen LogP contribution in [0.4, 0.5) is 5.69 Å². The number of ether oxygens (including phenoxy) is 1. The molecule has 0 aliphatic carbocycles. The second kappa shape index (κ2) is 9.65. The summed E-state index contributed by atoms with van der Waals surface area (Å²) in [4.78, 5) is 15.4. The predicted octanol–water partition coefficient (Wildman–Crippen LogP) is 2.12. The van der Waals surface area contributed by atoms with E-state index in [1.165, 1.54) is 6.92 Å². The second-order valence-electron chi connectivity index (χ2n) is 4.92. The molecule has 1 aromatic rings. The monoisotopic (exact) mass is 306 g/mol. The topological polar surface area (TPSA) is 74.8 Å². The second-order valence-corrected chi connectivity index (χ2v) is 4.92. The van der Waals surface area contributed by atoms with Gasteiger partial charge in [-0.15, -0.1) is 0 Å². The number of methoxy groups -OCH3 is 1. The molecule has 122 valence electrons. The summed E-state index contributed by atoms with van der Waals surface area (Å²) in [5.41, 5.74) is 1.70. The van der Waals surface area contributed by atoms with E-state index in [2.05, 4.69) is 27.9 Å². The van der Waals surface area contributed by atoms with Crippen LogP contribution >= 0.6 is 0 Å². The summed E-state index contributed by atoms with van der Waals surface area (Å²) >= 11 is 0. The number of carbonyl (C=O) groups is 1. The van der Waals surface area contributed by atoms with Gasteiger partial charge in [0.15, 0.2) is 5.96 Å². The average molecular weight is 306 g/mol. The fourth-order valence-electron chi connectivity index (χ4n) is 1.94. The molecule has 0 aromatic heterocycles. The first-order valence-electron chi connectivity index (χ1n) is 7.49. The Morgan fingerprint density at radius 3 is 2.68 bits per heavy atom. The number of carbonyl (C=O) groups excluding carboxylic acids is 1. The van der Waals surface area contributed by atoms with Crippen LogP contribution in [0.1, 0.15) is 32.3 Å². The molecule has 3 N–H and O–H groups in total. The Hall–Kier alpha value is -2.24. The Morgan fingerprint density at radius 2 is 2.09 bits per heavy atom. The molecule has 0 saturated carbocycles. The fourth-order valence-corrected chi connectivity index (χ4v) is 1.94. The maximum atomic E-state index is 11.2. The van der Waals surface area contributed by atoms with Gasteiger partial charge in [-0.25, -0.2) is 0 Å². The molecule has 0 spiro atoms. The third-order valence-corrected chi connectivity index (χ3v) is 3.08. The van der Waals surface area contributed by atoms with E-state index < -0.39 is 0 Å². The van der Waals surface area contributed by atoms with Gasteiger partial charge in [0.25, 0.3) is 0 Å². The Morgan fingerprint density at radius 1 is 1.32 bits per heavy atom. The highest BCUT2D eigenvalue weighted by atomic mass is 16.5. The lowest BCUT2D eigenvalue weighted by Crippen LogP contribution is -2.37. The summed E-state index contributed by atoms with van der Waals surface area (Å²) in [5, 5.41) is 9.27. The summed E-state index contributed by atoms with van der Waals surface area (Å²) < 4.78 is 5.24. The Bertz CT molecular complexity index is 515. The maximum Gasteiger partial charge on any atom is 0.221 e. The van der Waals surface area contributed by atoms with Gasteiger partial charge in [-0.3, -0.25) is 9.79 Å². The standard InChI is InChI=1S/C16H26N4O2/c1-5-6-9-18-16(17-3)19-11-13-7-8-15(22-4)14(10-13)20-12(2)21/h7-8,10H,5-6,9,11H2,1-4H3,(H,20,21)(H2,17,18,19). The summed E-state index contributed by atoms with van der Waals surface area (Å²) in [6.45, 7) is 5.14. The minimum absolute atomic E-state index is 0.125. The van der Waals surface area contributed by atoms with E-state index in [9.17, 15) is 4.79 Å². The van der Waals surface area contributed by atoms with Crippen LogP contribution in [0, 0.1) is 0 Å². The number of rotatable bonds is 7. The predicted molar refractivity (Wildman–Crippen MR) is 90.4 cm³/mol. The molecule has 0 heterocycles. The zero-order valence-corrected chi connectivity index (χ0v) is 13.8. The zero-order valence-electron chi connectivity index (χ0n) is 13.8. The van der Waals surface area contributed by atoms with E-state index in [0.717, 1.165) is 30.9 Å². The Labute approximate surface area is 132 Å². The van der Waals surface area contributed by atoms with Crippen molar-refractivity contribution in [3.63, 3.8) is 0 Å². The van der Waals surface area contributed by atoms with Crippen LogP contribution < -0.4 is 20.7 Å². The van der Waals surface area contributed by atoms with Gasteiger partial charge in [0.1, 0.15) is 5.75 Å². The Balaban J connectivity index is 2.66. The zero-order chi connectivity index (χ0) is 16.4. The maximum absolute atomic E-state index is 11.2. The highest BCUT2D eigenvalue weighted by molar-refractivity contribution is 5.90. The van der Waals surface area contributed by atoms with Crippen LogP contribution in [0.2, 0.25) is 0 Å². The number of guanidine groups is 1. The average Bonchev–Trinajstić information content (AvgIpc) is 2.50. The van der Waals surface area contributed by atoms with Gasteiger partial charge >= 0.3 is 0 Å². The summed E-state index contributed by atoms with van der Waals surface area (Å²) in [6, 6.07) is 5.69. The number of nitrogens with zero attached hydrogens (tertiary/aromatic N) is 1. The van der Waals surface area contributed by atoms with E-state index in [1.807, 2.05) is 18.2 Å². The minimum Gasteiger partial charge on any atom is -0.495 e. The highest BCUT2D eigenvalue weighted by Gasteiger charge is 2.06. The Kier molecular flexibility index (Phi) is 7.81. The largest absolute Gasteiger partial charge is 0.495 e. The lowest BCUT2D eigenvalue weighted by atomic mass is 10.2. The van der Waals surface area contributed by atoms with Crippen molar-refractivity contribution >= 4 is 17.6 Å². The van der Waals surface area contributed by atoms with Crippen molar-refractivity contribution in [2.24, 2.45) is 4.99 Å². The molecule has 6 heteroatoms. The molecule has 6 nitrogen and oxygen atoms in total. The van der Waals surface area contributed by atoms with Gasteiger partial charge in [-0.05, 0) is 24.1 Å². The quantitative estimate of drug-likeness (QED) is 0.410. The normalized spacial score (nSPS) is 11.0. The van der Waals surface area contributed by atoms with Crippen molar-refractivity contribution in [1.82, 2.24) is 10.6 Å². The SMILES string of the molecule is CCCCNC(=NC)NCc1ccc(OC)c(NC(C)=O)c1. The molecule has 1 rings (SSSR count). The number of hydrogen-bond donors (Lipinski definition) is 3. The smallest absolute Gasteiger partial charge is 0.221 e. The van der Waals surface area contributed by atoms with Crippen molar-refractivity contribution in [2.45, 2.75) is 33.2 Å². The van der Waals surface area contributed by atoms with Gasteiger partial charge in [0.05, 0.1) is 12.8 Å². The fraction of sp³-hybridized carbons (Fsp3) is 0.500. The molecule has 0 saturated heterocycles. The van der Waals surface area contributed by atoms with Gasteiger partial charge in [0, 0.05) is 27.1 Å². The number of anilines is 1. The molecule has 0 aliphatic heterocycles. The van der Waals surface area contributed by atoms with E-state index in [-0.39, 0.29) is 5.91 Å². The van der Waals surface area contributed by atoms with Crippen molar-refractivity contribution < 1.29 is 9.53 Å². The molecule has 0 radical (unpaired) electrons. The van der Waals surface area contributed by atoms with Gasteiger partial charge in [-0.2, -0.15) is 0 Å². The molecule has 22 heavy (non-hydrogen) atoms. The summed E-state index contributed by atoms with van der Waals surface area (Å²) in [6.07, 6.45) is 2.25. The van der Waals surface area contributed by atoms with Gasteiger partial charge in [-0.1, -0.05) is 19.4 Å². The molecule has 0 bridgehead atoms. The number of hydrogen-bond acceptors (Lipinski definition) is 3. The number of unbranched alkanes of at least 4 members (excludes halogenated alkanes) is 1. The van der Waals surface area contributed by atoms with Crippen molar-refractivity contribution in [3.05, 3.63) is 23.8 Å². The summed E-state index contributed by atoms with van der Waals surface area (Å²) in [7, 11) is 3.33. The van der Waals surface area contributed by atoms with Crippen LogP contribution in [-0.2, 0) is 11.3 Å². The molecule has 0 fully saturated rings. The third kappa shape index (κ3) is 6.03. The highest BCUT2D eigenvalue weighted by Crippen LogP contribution is 2.25. The van der Waals surface area contributed by atoms with Crippen LogP contribution in [0.3, 0.4) is 0 Å². The first kappa shape index (κ1) is 17.8. The molecule has 0 unspecified atom stereocenters. The molecular formula is C16H26N4O2. The lowest BCUT2D eigenvalue weighted by Gasteiger charge is -2.14. The number of nitrogens with one attached hydrogen (secondary N) is 3. The first-order valence-corrected chi connectivity index (χ1v) is 7.49. The molecule has 0 aliphatic rings.